The summed E-state index contributed by atoms with van der Waals surface area (Å²) in [5, 5.41) is 10.6. The van der Waals surface area contributed by atoms with Gasteiger partial charge >= 0.3 is 0 Å². The van der Waals surface area contributed by atoms with Gasteiger partial charge in [-0.1, -0.05) is 139 Å². The van der Waals surface area contributed by atoms with Crippen molar-refractivity contribution in [3.05, 3.63) is 229 Å². The van der Waals surface area contributed by atoms with Gasteiger partial charge in [-0.15, -0.1) is 0 Å². The molecule has 0 aliphatic rings. The summed E-state index contributed by atoms with van der Waals surface area (Å²) in [6.45, 7) is 8.66. The molecule has 0 N–H and O–H groups in total. The Balaban J connectivity index is 0.936. The Morgan fingerprint density at radius 3 is 1.15 bits per heavy atom. The number of benzene rings is 11. The lowest BCUT2D eigenvalue weighted by molar-refractivity contribution is 1.26. The predicted molar refractivity (Wildman–Crippen MR) is 267 cm³/mol. The second-order valence-corrected chi connectivity index (χ2v) is 16.9. The third-order valence-corrected chi connectivity index (χ3v) is 12.7. The van der Waals surface area contributed by atoms with E-state index in [4.69, 9.17) is 0 Å². The van der Waals surface area contributed by atoms with Crippen LogP contribution in [0.2, 0.25) is 0 Å². The van der Waals surface area contributed by atoms with Crippen molar-refractivity contribution in [1.29, 1.82) is 0 Å². The molecule has 2 heteroatoms. The van der Waals surface area contributed by atoms with Crippen molar-refractivity contribution in [2.75, 3.05) is 9.80 Å². The van der Waals surface area contributed by atoms with Crippen LogP contribution in [0.5, 0.6) is 0 Å². The van der Waals surface area contributed by atoms with Crippen LogP contribution in [0, 0.1) is 27.7 Å². The first-order valence-electron chi connectivity index (χ1n) is 21.6. The lowest BCUT2D eigenvalue weighted by Gasteiger charge is -2.27. The molecule has 11 aromatic carbocycles. The Bertz CT molecular complexity index is 3400. The molecule has 62 heavy (non-hydrogen) atoms. The monoisotopic (exact) mass is 794 g/mol. The van der Waals surface area contributed by atoms with E-state index in [9.17, 15) is 0 Å². The molecule has 0 spiro atoms. The highest BCUT2D eigenvalue weighted by molar-refractivity contribution is 6.34. The van der Waals surface area contributed by atoms with Crippen molar-refractivity contribution < 1.29 is 0 Å². The third kappa shape index (κ3) is 6.44. The third-order valence-electron chi connectivity index (χ3n) is 12.7. The summed E-state index contributed by atoms with van der Waals surface area (Å²) in [4.78, 5) is 4.69. The number of hydrogen-bond donors (Lipinski definition) is 0. The van der Waals surface area contributed by atoms with Gasteiger partial charge in [0.2, 0.25) is 0 Å². The minimum Gasteiger partial charge on any atom is -0.310 e. The van der Waals surface area contributed by atoms with Crippen LogP contribution in [-0.4, -0.2) is 0 Å². The zero-order valence-electron chi connectivity index (χ0n) is 35.5. The van der Waals surface area contributed by atoms with Crippen molar-refractivity contribution in [2.24, 2.45) is 0 Å². The first-order valence-corrected chi connectivity index (χ1v) is 21.6. The molecular formula is C60H46N2. The highest BCUT2D eigenvalue weighted by Gasteiger charge is 2.18. The molecule has 0 atom stereocenters. The van der Waals surface area contributed by atoms with Crippen LogP contribution in [0.3, 0.4) is 0 Å². The van der Waals surface area contributed by atoms with Gasteiger partial charge in [0.1, 0.15) is 0 Å². The number of rotatable bonds is 8. The number of nitrogens with zero attached hydrogens (tertiary/aromatic N) is 2. The van der Waals surface area contributed by atoms with Gasteiger partial charge in [-0.05, 0) is 183 Å². The van der Waals surface area contributed by atoms with Crippen LogP contribution >= 0.6 is 0 Å². The van der Waals surface area contributed by atoms with Gasteiger partial charge in [-0.25, -0.2) is 0 Å². The molecule has 0 fully saturated rings. The largest absolute Gasteiger partial charge is 0.310 e. The predicted octanol–water partition coefficient (Wildman–Crippen LogP) is 17.2. The topological polar surface area (TPSA) is 6.48 Å². The van der Waals surface area contributed by atoms with Gasteiger partial charge in [0, 0.05) is 34.1 Å². The van der Waals surface area contributed by atoms with Crippen LogP contribution in [0.4, 0.5) is 34.1 Å². The highest BCUT2D eigenvalue weighted by Crippen LogP contribution is 2.45. The Labute approximate surface area is 363 Å². The number of fused-ring (bicyclic) bond motifs is 2. The lowest BCUT2D eigenvalue weighted by atomic mass is 9.86. The van der Waals surface area contributed by atoms with Crippen molar-refractivity contribution in [3.8, 4) is 22.3 Å². The Morgan fingerprint density at radius 1 is 0.258 bits per heavy atom. The second-order valence-electron chi connectivity index (χ2n) is 16.9. The minimum atomic E-state index is 1.11. The highest BCUT2D eigenvalue weighted by atomic mass is 15.1. The summed E-state index contributed by atoms with van der Waals surface area (Å²) < 4.78 is 0. The van der Waals surface area contributed by atoms with Crippen molar-refractivity contribution in [3.63, 3.8) is 0 Å². The molecule has 0 aliphatic heterocycles. The average Bonchev–Trinajstić information content (AvgIpc) is 3.30. The van der Waals surface area contributed by atoms with Crippen molar-refractivity contribution in [2.45, 2.75) is 27.7 Å². The van der Waals surface area contributed by atoms with E-state index in [0.29, 0.717) is 0 Å². The maximum atomic E-state index is 2.36. The van der Waals surface area contributed by atoms with Gasteiger partial charge in [0.05, 0.1) is 0 Å². The van der Waals surface area contributed by atoms with Crippen molar-refractivity contribution >= 4 is 77.2 Å². The van der Waals surface area contributed by atoms with Crippen LogP contribution in [0.15, 0.2) is 206 Å². The molecule has 0 bridgehead atoms. The smallest absolute Gasteiger partial charge is 0.0464 e. The molecule has 0 saturated carbocycles. The van der Waals surface area contributed by atoms with E-state index in [1.165, 1.54) is 87.6 Å². The molecule has 0 heterocycles. The average molecular weight is 795 g/mol. The fourth-order valence-electron chi connectivity index (χ4n) is 9.63. The van der Waals surface area contributed by atoms with E-state index in [2.05, 4.69) is 244 Å². The number of hydrogen-bond acceptors (Lipinski definition) is 2. The summed E-state index contributed by atoms with van der Waals surface area (Å²) in [6, 6.07) is 76.1. The molecule has 0 amide bonds. The van der Waals surface area contributed by atoms with Crippen LogP contribution in [0.1, 0.15) is 22.3 Å². The Kier molecular flexibility index (Phi) is 9.09. The first-order chi connectivity index (χ1) is 30.4. The SMILES string of the molecule is Cc1ccc(N(c2ccc(-c3ccc(N(c4ccc(-c5ccc6c7cccc8c(C)ccc(c9cccc5c96)c87)cc4)c4cccc(C)c4)cc3)cc2)c2cccc(C)c2)cc1. The summed E-state index contributed by atoms with van der Waals surface area (Å²) in [6.07, 6.45) is 0. The van der Waals surface area contributed by atoms with E-state index in [0.717, 1.165) is 34.1 Å². The molecule has 11 rings (SSSR count). The second kappa shape index (κ2) is 15.1. The molecule has 296 valence electrons. The van der Waals surface area contributed by atoms with Crippen molar-refractivity contribution in [1.82, 2.24) is 0 Å². The molecule has 2 nitrogen and oxygen atoms in total. The molecule has 0 unspecified atom stereocenters. The summed E-state index contributed by atoms with van der Waals surface area (Å²) in [5.41, 5.74) is 16.6. The quantitative estimate of drug-likeness (QED) is 0.112. The maximum absolute atomic E-state index is 2.36. The van der Waals surface area contributed by atoms with Gasteiger partial charge in [0.15, 0.2) is 0 Å². The fraction of sp³-hybridized carbons (Fsp3) is 0.0667. The van der Waals surface area contributed by atoms with Crippen LogP contribution in [-0.2, 0) is 0 Å². The van der Waals surface area contributed by atoms with Crippen LogP contribution < -0.4 is 9.80 Å². The normalized spacial score (nSPS) is 11.5. The minimum absolute atomic E-state index is 1.11. The zero-order valence-corrected chi connectivity index (χ0v) is 35.5. The first kappa shape index (κ1) is 37.3. The Morgan fingerprint density at radius 2 is 0.645 bits per heavy atom. The van der Waals surface area contributed by atoms with Crippen LogP contribution in [0.25, 0.3) is 65.3 Å². The van der Waals surface area contributed by atoms with Gasteiger partial charge in [-0.3, -0.25) is 0 Å². The van der Waals surface area contributed by atoms with E-state index in [1.807, 2.05) is 0 Å². The molecule has 0 aliphatic carbocycles. The van der Waals surface area contributed by atoms with Gasteiger partial charge < -0.3 is 9.80 Å². The standard InChI is InChI=1S/C60H46N2/c1-39-17-26-46(27-18-39)61(50-11-5-9-40(2)37-50)47-28-20-43(21-29-47)44-22-30-48(31-23-44)62(51-12-6-10-41(3)38-51)49-32-24-45(25-33-49)53-35-36-58-55-15-7-13-52-42(4)19-34-57(59(52)55)56-16-8-14-54(53)60(56)58/h5-38H,1-4H3. The Hall–Kier alpha value is -7.68. The van der Waals surface area contributed by atoms with E-state index in [-0.39, 0.29) is 0 Å². The molecular weight excluding hydrogens is 749 g/mol. The van der Waals surface area contributed by atoms with Gasteiger partial charge in [0.25, 0.3) is 0 Å². The van der Waals surface area contributed by atoms with E-state index >= 15 is 0 Å². The zero-order chi connectivity index (χ0) is 41.9. The number of aryl methyl sites for hydroxylation is 4. The summed E-state index contributed by atoms with van der Waals surface area (Å²) in [5.74, 6) is 0. The fourth-order valence-corrected chi connectivity index (χ4v) is 9.63. The number of anilines is 6. The molecule has 11 aromatic rings. The summed E-state index contributed by atoms with van der Waals surface area (Å²) >= 11 is 0. The van der Waals surface area contributed by atoms with Gasteiger partial charge in [-0.2, -0.15) is 0 Å². The van der Waals surface area contributed by atoms with E-state index in [1.54, 1.807) is 0 Å². The molecule has 0 saturated heterocycles. The van der Waals surface area contributed by atoms with E-state index < -0.39 is 0 Å². The lowest BCUT2D eigenvalue weighted by Crippen LogP contribution is -2.10. The summed E-state index contributed by atoms with van der Waals surface area (Å²) in [7, 11) is 0. The molecule has 0 aromatic heterocycles. The maximum Gasteiger partial charge on any atom is 0.0464 e. The molecule has 0 radical (unpaired) electrons.